The largest absolute Gasteiger partial charge is 0.493 e. The zero-order chi connectivity index (χ0) is 40.1. The maximum Gasteiger partial charge on any atom is 0.326 e. The second kappa shape index (κ2) is 18.0. The van der Waals surface area contributed by atoms with Crippen LogP contribution in [0.25, 0.3) is 0 Å². The Morgan fingerprint density at radius 1 is 0.945 bits per heavy atom. The van der Waals surface area contributed by atoms with Crippen LogP contribution in [0.3, 0.4) is 0 Å². The molecule has 15 heteroatoms. The van der Waals surface area contributed by atoms with Crippen molar-refractivity contribution in [2.45, 2.75) is 83.3 Å². The van der Waals surface area contributed by atoms with Crippen LogP contribution in [0.1, 0.15) is 71.9 Å². The molecule has 2 aromatic rings. The number of ether oxygens (including phenoxy) is 1. The maximum atomic E-state index is 15.0. The van der Waals surface area contributed by atoms with E-state index in [1.54, 1.807) is 42.7 Å². The number of carbonyl (C=O) groups excluding carboxylic acids is 2. The van der Waals surface area contributed by atoms with Crippen LogP contribution in [0.15, 0.2) is 69.5 Å². The Bertz CT molecular complexity index is 1910. The Morgan fingerprint density at radius 2 is 1.60 bits per heavy atom. The van der Waals surface area contributed by atoms with E-state index in [1.165, 1.54) is 12.1 Å². The molecule has 2 aliphatic heterocycles. The maximum absolute atomic E-state index is 15.0. The average Bonchev–Trinajstić information content (AvgIpc) is 3.66. The highest BCUT2D eigenvalue weighted by Gasteiger charge is 2.36. The zero-order valence-corrected chi connectivity index (χ0v) is 35.7. The topological polar surface area (TPSA) is 115 Å². The number of piperazine rings is 1. The van der Waals surface area contributed by atoms with E-state index in [9.17, 15) is 13.2 Å². The van der Waals surface area contributed by atoms with Gasteiger partial charge < -0.3 is 14.5 Å². The summed E-state index contributed by atoms with van der Waals surface area (Å²) in [6.45, 7) is 15.0. The third kappa shape index (κ3) is 11.3. The van der Waals surface area contributed by atoms with E-state index in [1.807, 2.05) is 56.0 Å². The van der Waals surface area contributed by atoms with Crippen LogP contribution < -0.4 is 9.46 Å². The summed E-state index contributed by atoms with van der Waals surface area (Å²) in [6.07, 6.45) is 8.44. The molecule has 3 aliphatic rings. The third-order valence-corrected chi connectivity index (χ3v) is 12.6. The van der Waals surface area contributed by atoms with Crippen LogP contribution in [0.2, 0.25) is 10.0 Å². The first-order valence-corrected chi connectivity index (χ1v) is 21.4. The second-order valence-electron chi connectivity index (χ2n) is 15.8. The van der Waals surface area contributed by atoms with Gasteiger partial charge in [0.1, 0.15) is 16.5 Å². The lowest BCUT2D eigenvalue weighted by Gasteiger charge is -2.39. The molecule has 1 unspecified atom stereocenters. The van der Waals surface area contributed by atoms with Crippen molar-refractivity contribution in [3.05, 3.63) is 80.8 Å². The van der Waals surface area contributed by atoms with Crippen molar-refractivity contribution in [2.24, 2.45) is 10.9 Å². The zero-order valence-electron chi connectivity index (χ0n) is 32.6. The van der Waals surface area contributed by atoms with Gasteiger partial charge in [-0.1, -0.05) is 59.1 Å². The van der Waals surface area contributed by atoms with Crippen LogP contribution in [-0.2, 0) is 21.4 Å². The van der Waals surface area contributed by atoms with Crippen molar-refractivity contribution in [3.8, 4) is 5.75 Å². The fraction of sp³-hybridized carbons (Fsp3) is 0.525. The van der Waals surface area contributed by atoms with Gasteiger partial charge in [-0.2, -0.15) is 0 Å². The molecular weight excluding hydrogens is 783 g/mol. The first-order valence-electron chi connectivity index (χ1n) is 18.8. The smallest absolute Gasteiger partial charge is 0.326 e. The van der Waals surface area contributed by atoms with E-state index in [0.717, 1.165) is 31.5 Å². The Labute approximate surface area is 341 Å². The SMILES string of the molecule is CCOc1cc(Cl)c(S(=O)(=O)NC(C)(C)C)cc1/C(=N/C(C)(C)C1C=CC(Cl)=CC1)N(Cc1ccc(Cl)cc1)C(=O)N1CCN(CC(=O)N2CCCC2)CC1. The molecule has 2 fully saturated rings. The van der Waals surface area contributed by atoms with Crippen LogP contribution >= 0.6 is 34.8 Å². The first-order chi connectivity index (χ1) is 25.9. The van der Waals surface area contributed by atoms with E-state index in [-0.39, 0.29) is 52.5 Å². The summed E-state index contributed by atoms with van der Waals surface area (Å²) in [5.41, 5.74) is -0.558. The molecule has 11 nitrogen and oxygen atoms in total. The van der Waals surface area contributed by atoms with Crippen molar-refractivity contribution in [1.82, 2.24) is 24.3 Å². The molecule has 0 aromatic heterocycles. The number of hydrogen-bond acceptors (Lipinski definition) is 7. The van der Waals surface area contributed by atoms with Gasteiger partial charge >= 0.3 is 6.03 Å². The molecule has 1 atom stereocenters. The fourth-order valence-corrected chi connectivity index (χ4v) is 9.17. The number of rotatable bonds is 11. The van der Waals surface area contributed by atoms with Crippen molar-refractivity contribution in [1.29, 1.82) is 0 Å². The minimum atomic E-state index is -4.15. The lowest BCUT2D eigenvalue weighted by Crippen LogP contribution is -2.55. The average molecular weight is 836 g/mol. The van der Waals surface area contributed by atoms with Gasteiger partial charge in [-0.3, -0.25) is 19.6 Å². The summed E-state index contributed by atoms with van der Waals surface area (Å²) < 4.78 is 36.7. The van der Waals surface area contributed by atoms with E-state index < -0.39 is 21.1 Å². The number of nitrogens with zero attached hydrogens (tertiary/aromatic N) is 5. The number of sulfonamides is 1. The summed E-state index contributed by atoms with van der Waals surface area (Å²) >= 11 is 19.3. The molecular formula is C40H53Cl3N6O5S. The number of allylic oxidation sites excluding steroid dienone is 3. The Morgan fingerprint density at radius 3 is 2.18 bits per heavy atom. The van der Waals surface area contributed by atoms with Gasteiger partial charge in [0.15, 0.2) is 0 Å². The molecule has 3 amide bonds. The fourth-order valence-electron chi connectivity index (χ4n) is 6.92. The quantitative estimate of drug-likeness (QED) is 0.185. The van der Waals surface area contributed by atoms with Gasteiger partial charge in [-0.15, -0.1) is 0 Å². The summed E-state index contributed by atoms with van der Waals surface area (Å²) in [5, 5.41) is 1.15. The van der Waals surface area contributed by atoms with Gasteiger partial charge in [-0.05, 0) is 90.6 Å². The number of nitrogens with one attached hydrogen (secondary N) is 1. The van der Waals surface area contributed by atoms with Crippen LogP contribution in [0.5, 0.6) is 5.75 Å². The molecule has 2 heterocycles. The van der Waals surface area contributed by atoms with Gasteiger partial charge in [0.05, 0.1) is 35.8 Å². The highest BCUT2D eigenvalue weighted by molar-refractivity contribution is 7.89. The molecule has 0 radical (unpaired) electrons. The van der Waals surface area contributed by atoms with Gasteiger partial charge in [0.25, 0.3) is 0 Å². The van der Waals surface area contributed by atoms with Gasteiger partial charge in [0, 0.05) is 66.8 Å². The summed E-state index contributed by atoms with van der Waals surface area (Å²) in [7, 11) is -4.15. The molecule has 2 aromatic carbocycles. The summed E-state index contributed by atoms with van der Waals surface area (Å²) in [4.78, 5) is 40.6. The number of amidine groups is 1. The highest BCUT2D eigenvalue weighted by atomic mass is 35.5. The molecule has 2 saturated heterocycles. The molecule has 1 N–H and O–H groups in total. The molecule has 0 spiro atoms. The Kier molecular flexibility index (Phi) is 14.1. The number of benzene rings is 2. The number of likely N-dealkylation sites (tertiary alicyclic amines) is 1. The minimum Gasteiger partial charge on any atom is -0.493 e. The minimum absolute atomic E-state index is 0.0345. The number of aliphatic imine (C=N–C) groups is 1. The molecule has 0 bridgehead atoms. The second-order valence-corrected chi connectivity index (χ2v) is 18.7. The van der Waals surface area contributed by atoms with Crippen LogP contribution in [-0.4, -0.2) is 109 Å². The van der Waals surface area contributed by atoms with E-state index >= 15 is 4.79 Å². The number of urea groups is 1. The molecule has 300 valence electrons. The normalized spacial score (nSPS) is 18.7. The Balaban J connectivity index is 1.63. The highest BCUT2D eigenvalue weighted by Crippen LogP contribution is 2.36. The van der Waals surface area contributed by atoms with Crippen LogP contribution in [0, 0.1) is 5.92 Å². The summed E-state index contributed by atoms with van der Waals surface area (Å²) in [6, 6.07) is 9.81. The number of carbonyl (C=O) groups is 2. The van der Waals surface area contributed by atoms with Gasteiger partial charge in [-0.25, -0.2) is 17.9 Å². The van der Waals surface area contributed by atoms with Crippen molar-refractivity contribution < 1.29 is 22.7 Å². The van der Waals surface area contributed by atoms with Crippen molar-refractivity contribution >= 4 is 62.6 Å². The van der Waals surface area contributed by atoms with E-state index in [2.05, 4.69) is 9.62 Å². The van der Waals surface area contributed by atoms with Gasteiger partial charge in [0.2, 0.25) is 15.9 Å². The number of hydrogen-bond donors (Lipinski definition) is 1. The number of halogens is 3. The lowest BCUT2D eigenvalue weighted by atomic mass is 9.83. The van der Waals surface area contributed by atoms with E-state index in [4.69, 9.17) is 44.5 Å². The van der Waals surface area contributed by atoms with Crippen LogP contribution in [0.4, 0.5) is 4.79 Å². The predicted octanol–water partition coefficient (Wildman–Crippen LogP) is 7.56. The monoisotopic (exact) mass is 834 g/mol. The molecule has 55 heavy (non-hydrogen) atoms. The molecule has 1 aliphatic carbocycles. The third-order valence-electron chi connectivity index (χ3n) is 9.86. The summed E-state index contributed by atoms with van der Waals surface area (Å²) in [5.74, 6) is 0.503. The Hall–Kier alpha value is -3.13. The molecule has 0 saturated carbocycles. The molecule has 5 rings (SSSR count). The standard InChI is InChI=1S/C40H53Cl3N6O5S/c1-7-54-34-25-33(43)35(55(52,53)45-39(2,3)4)24-32(34)37(44-40(5,6)29-12-16-31(42)17-13-29)49(26-28-10-14-30(41)15-11-28)38(51)48-22-20-46(21-23-48)27-36(50)47-18-8-9-19-47/h10-12,14-17,24-25,29,45H,7-9,13,18-23,26-27H2,1-6H3/b44-37-. The van der Waals surface area contributed by atoms with Crippen molar-refractivity contribution in [3.63, 3.8) is 0 Å². The van der Waals surface area contributed by atoms with Crippen molar-refractivity contribution in [2.75, 3.05) is 52.4 Å². The number of amides is 3. The predicted molar refractivity (Wildman–Crippen MR) is 221 cm³/mol. The first kappa shape index (κ1) is 43.0. The lowest BCUT2D eigenvalue weighted by molar-refractivity contribution is -0.131. The van der Waals surface area contributed by atoms with E-state index in [0.29, 0.717) is 54.8 Å².